The molecular weight excluding hydrogens is 564 g/mol. The Morgan fingerprint density at radius 3 is 1.50 bits per heavy atom. The Morgan fingerprint density at radius 1 is 0.727 bits per heavy atom. The molecule has 0 aliphatic carbocycles. The van der Waals surface area contributed by atoms with Crippen molar-refractivity contribution in [2.75, 3.05) is 13.7 Å². The monoisotopic (exact) mass is 606 g/mol. The molecule has 0 aliphatic heterocycles. The van der Waals surface area contributed by atoms with E-state index < -0.39 is 53.7 Å². The number of aliphatic hydroxyl groups is 1. The number of ether oxygens (including phenoxy) is 4. The van der Waals surface area contributed by atoms with Gasteiger partial charge in [-0.3, -0.25) is 0 Å². The zero-order valence-electron chi connectivity index (χ0n) is 26.3. The predicted octanol–water partition coefficient (Wildman–Crippen LogP) is 5.57. The lowest BCUT2D eigenvalue weighted by molar-refractivity contribution is -0.156. The van der Waals surface area contributed by atoms with Gasteiger partial charge in [0.25, 0.3) is 0 Å². The summed E-state index contributed by atoms with van der Waals surface area (Å²) in [6.45, 7) is 9.31. The van der Waals surface area contributed by atoms with E-state index in [2.05, 4.69) is 5.43 Å². The molecule has 0 saturated carbocycles. The minimum atomic E-state index is -1.78. The van der Waals surface area contributed by atoms with E-state index in [1.807, 2.05) is 91.0 Å². The van der Waals surface area contributed by atoms with Gasteiger partial charge in [0.15, 0.2) is 6.04 Å². The molecule has 10 nitrogen and oxygen atoms in total. The van der Waals surface area contributed by atoms with E-state index in [9.17, 15) is 19.5 Å². The van der Waals surface area contributed by atoms with Crippen LogP contribution in [0.3, 0.4) is 0 Å². The molecule has 3 aromatic rings. The third-order valence-corrected chi connectivity index (χ3v) is 6.30. The standard InChI is InChI=1S/C34H42N2O8/c1-32(2,3)43-30(39)35-36(31(40)44-33(4,5)6)28(29(38)41-7)27(37)23-42-34(24-17-11-8-12-18-24,25-19-13-9-14-20-25)26-21-15-10-16-22-26/h8-22,27-28,37H,23H2,1-7H3,(H,35,39)/t27-,28-/m0/s1. The number of carbonyl (C=O) groups excluding carboxylic acids is 3. The second-order valence-corrected chi connectivity index (χ2v) is 12.1. The van der Waals surface area contributed by atoms with Gasteiger partial charge < -0.3 is 24.1 Å². The van der Waals surface area contributed by atoms with E-state index in [-0.39, 0.29) is 0 Å². The number of carbonyl (C=O) groups is 3. The second kappa shape index (κ2) is 14.4. The van der Waals surface area contributed by atoms with Crippen molar-refractivity contribution >= 4 is 18.2 Å². The quantitative estimate of drug-likeness (QED) is 0.140. The van der Waals surface area contributed by atoms with Gasteiger partial charge in [-0.25, -0.2) is 19.8 Å². The van der Waals surface area contributed by atoms with Gasteiger partial charge in [-0.2, -0.15) is 5.01 Å². The fraction of sp³-hybridized carbons (Fsp3) is 0.382. The maximum Gasteiger partial charge on any atom is 0.430 e. The number of hydrogen-bond acceptors (Lipinski definition) is 8. The molecule has 0 aliphatic rings. The van der Waals surface area contributed by atoms with Crippen LogP contribution in [0.4, 0.5) is 9.59 Å². The summed E-state index contributed by atoms with van der Waals surface area (Å²) in [5, 5.41) is 12.2. The van der Waals surface area contributed by atoms with Crippen molar-refractivity contribution in [1.82, 2.24) is 10.4 Å². The van der Waals surface area contributed by atoms with Crippen molar-refractivity contribution in [3.63, 3.8) is 0 Å². The molecule has 0 spiro atoms. The van der Waals surface area contributed by atoms with Crippen LogP contribution in [0.2, 0.25) is 0 Å². The summed E-state index contributed by atoms with van der Waals surface area (Å²) in [4.78, 5) is 39.4. The van der Waals surface area contributed by atoms with Gasteiger partial charge in [-0.1, -0.05) is 91.0 Å². The van der Waals surface area contributed by atoms with Crippen LogP contribution >= 0.6 is 0 Å². The Hall–Kier alpha value is -4.41. The summed E-state index contributed by atoms with van der Waals surface area (Å²) in [6, 6.07) is 26.6. The Kier molecular flexibility index (Phi) is 11.1. The Bertz CT molecular complexity index is 1270. The number of nitrogens with one attached hydrogen (secondary N) is 1. The first kappa shape index (κ1) is 34.1. The van der Waals surface area contributed by atoms with Gasteiger partial charge in [-0.15, -0.1) is 0 Å². The lowest BCUT2D eigenvalue weighted by Gasteiger charge is -2.38. The predicted molar refractivity (Wildman–Crippen MR) is 164 cm³/mol. The molecule has 0 saturated heterocycles. The highest BCUT2D eigenvalue weighted by Gasteiger charge is 2.44. The summed E-state index contributed by atoms with van der Waals surface area (Å²) in [7, 11) is 1.10. The third-order valence-electron chi connectivity index (χ3n) is 6.30. The Morgan fingerprint density at radius 2 is 1.14 bits per heavy atom. The zero-order valence-corrected chi connectivity index (χ0v) is 26.3. The largest absolute Gasteiger partial charge is 0.467 e. The molecule has 0 bridgehead atoms. The molecule has 2 N–H and O–H groups in total. The van der Waals surface area contributed by atoms with Crippen LogP contribution in [-0.4, -0.2) is 65.3 Å². The van der Waals surface area contributed by atoms with Crippen molar-refractivity contribution in [1.29, 1.82) is 0 Å². The summed E-state index contributed by atoms with van der Waals surface area (Å²) in [6.07, 6.45) is -3.86. The Labute approximate surface area is 258 Å². The molecule has 0 aromatic heterocycles. The molecule has 2 amide bonds. The fourth-order valence-corrected chi connectivity index (χ4v) is 4.56. The van der Waals surface area contributed by atoms with Crippen molar-refractivity contribution in [3.8, 4) is 0 Å². The maximum absolute atomic E-state index is 13.4. The molecule has 0 fully saturated rings. The lowest BCUT2D eigenvalue weighted by atomic mass is 9.80. The number of esters is 1. The first-order valence-electron chi connectivity index (χ1n) is 14.3. The number of aliphatic hydroxyl groups excluding tert-OH is 1. The van der Waals surface area contributed by atoms with E-state index in [0.29, 0.717) is 5.01 Å². The first-order chi connectivity index (χ1) is 20.7. The van der Waals surface area contributed by atoms with Crippen LogP contribution in [0, 0.1) is 0 Å². The molecular formula is C34H42N2O8. The normalized spacial score (nSPS) is 13.3. The summed E-state index contributed by atoms with van der Waals surface area (Å²) in [5.41, 5.74) is 1.38. The average molecular weight is 607 g/mol. The molecule has 0 heterocycles. The van der Waals surface area contributed by atoms with Crippen LogP contribution in [0.25, 0.3) is 0 Å². The number of amides is 2. The number of rotatable bonds is 9. The smallest absolute Gasteiger partial charge is 0.430 e. The molecule has 3 aromatic carbocycles. The highest BCUT2D eigenvalue weighted by molar-refractivity contribution is 5.84. The summed E-state index contributed by atoms with van der Waals surface area (Å²) in [5.74, 6) is -1.02. The number of hydrazine groups is 1. The van der Waals surface area contributed by atoms with Crippen molar-refractivity contribution in [3.05, 3.63) is 108 Å². The number of nitrogens with zero attached hydrogens (tertiary/aromatic N) is 1. The second-order valence-electron chi connectivity index (χ2n) is 12.1. The van der Waals surface area contributed by atoms with Crippen LogP contribution < -0.4 is 5.43 Å². The van der Waals surface area contributed by atoms with Crippen molar-refractivity contribution < 1.29 is 38.4 Å². The minimum absolute atomic E-state index is 0.478. The van der Waals surface area contributed by atoms with Crippen LogP contribution in [0.15, 0.2) is 91.0 Å². The van der Waals surface area contributed by atoms with Gasteiger partial charge in [0, 0.05) is 0 Å². The van der Waals surface area contributed by atoms with Crippen LogP contribution in [0.1, 0.15) is 58.2 Å². The van der Waals surface area contributed by atoms with Gasteiger partial charge >= 0.3 is 18.2 Å². The minimum Gasteiger partial charge on any atom is -0.467 e. The van der Waals surface area contributed by atoms with Gasteiger partial charge in [-0.05, 0) is 58.2 Å². The van der Waals surface area contributed by atoms with E-state index in [1.54, 1.807) is 41.5 Å². The summed E-state index contributed by atoms with van der Waals surface area (Å²) >= 11 is 0. The first-order valence-corrected chi connectivity index (χ1v) is 14.3. The van der Waals surface area contributed by atoms with E-state index >= 15 is 0 Å². The molecule has 0 radical (unpaired) electrons. The summed E-state index contributed by atoms with van der Waals surface area (Å²) < 4.78 is 22.4. The molecule has 236 valence electrons. The highest BCUT2D eigenvalue weighted by Crippen LogP contribution is 2.40. The molecule has 10 heteroatoms. The topological polar surface area (TPSA) is 124 Å². The fourth-order valence-electron chi connectivity index (χ4n) is 4.56. The van der Waals surface area contributed by atoms with Crippen LogP contribution in [0.5, 0.6) is 0 Å². The van der Waals surface area contributed by atoms with Crippen LogP contribution in [-0.2, 0) is 29.3 Å². The van der Waals surface area contributed by atoms with Gasteiger partial charge in [0.05, 0.1) is 13.7 Å². The number of methoxy groups -OCH3 is 1. The zero-order chi connectivity index (χ0) is 32.5. The molecule has 3 rings (SSSR count). The number of hydrogen-bond donors (Lipinski definition) is 2. The third kappa shape index (κ3) is 8.81. The SMILES string of the molecule is COC(=O)[C@H]([C@@H](O)COC(c1ccccc1)(c1ccccc1)c1ccccc1)N(NC(=O)OC(C)(C)C)C(=O)OC(C)(C)C. The van der Waals surface area contributed by atoms with Gasteiger partial charge in [0.1, 0.15) is 22.9 Å². The van der Waals surface area contributed by atoms with E-state index in [1.165, 1.54) is 0 Å². The van der Waals surface area contributed by atoms with Crippen molar-refractivity contribution in [2.24, 2.45) is 0 Å². The molecule has 44 heavy (non-hydrogen) atoms. The van der Waals surface area contributed by atoms with Gasteiger partial charge in [0.2, 0.25) is 0 Å². The Balaban J connectivity index is 2.09. The average Bonchev–Trinajstić information content (AvgIpc) is 2.97. The maximum atomic E-state index is 13.4. The number of benzene rings is 3. The lowest BCUT2D eigenvalue weighted by Crippen LogP contribution is -2.61. The van der Waals surface area contributed by atoms with E-state index in [0.717, 1.165) is 23.8 Å². The highest BCUT2D eigenvalue weighted by atomic mass is 16.6. The van der Waals surface area contributed by atoms with E-state index in [4.69, 9.17) is 18.9 Å². The van der Waals surface area contributed by atoms with Crippen molar-refractivity contribution in [2.45, 2.75) is 70.5 Å². The molecule has 2 atom stereocenters. The molecule has 0 unspecified atom stereocenters.